The molecule has 0 bridgehead atoms. The van der Waals surface area contributed by atoms with E-state index in [-0.39, 0.29) is 16.7 Å². The molecule has 0 aliphatic carbocycles. The summed E-state index contributed by atoms with van der Waals surface area (Å²) in [4.78, 5) is 3.27. The van der Waals surface area contributed by atoms with Gasteiger partial charge in [-0.2, -0.15) is 0 Å². The van der Waals surface area contributed by atoms with Crippen LogP contribution in [-0.4, -0.2) is 0 Å². The van der Waals surface area contributed by atoms with Crippen molar-refractivity contribution in [3.8, 4) is 0 Å². The third-order valence-electron chi connectivity index (χ3n) is 3.07. The molecule has 0 nitrogen and oxygen atoms in total. The Balaban J connectivity index is 2.17. The molecule has 0 heterocycles. The molecule has 0 saturated heterocycles. The molecule has 3 heteroatoms. The van der Waals surface area contributed by atoms with E-state index in [9.17, 15) is 4.39 Å². The molecule has 104 valence electrons. The second kappa shape index (κ2) is 6.33. The summed E-state index contributed by atoms with van der Waals surface area (Å²) in [7, 11) is -0.333. The summed E-state index contributed by atoms with van der Waals surface area (Å²) in [5.41, 5.74) is 0. The number of hydrogen-bond acceptors (Lipinski definition) is 0. The van der Waals surface area contributed by atoms with Crippen LogP contribution in [0.2, 0.25) is 5.02 Å². The Kier molecular flexibility index (Phi) is 4.28. The monoisotopic (exact) mass is 315 g/mol. The molecule has 0 fully saturated rings. The van der Waals surface area contributed by atoms with Crippen molar-refractivity contribution in [2.75, 3.05) is 0 Å². The van der Waals surface area contributed by atoms with Crippen molar-refractivity contribution in [1.82, 2.24) is 0 Å². The molecule has 0 unspecified atom stereocenters. The summed E-state index contributed by atoms with van der Waals surface area (Å²) in [5, 5.41) is 0.464. The molecule has 3 aromatic rings. The fraction of sp³-hybridized carbons (Fsp3) is 0. The largest absolute Gasteiger partial charge is 0.207 e. The molecule has 0 aliphatic heterocycles. The van der Waals surface area contributed by atoms with E-state index in [0.29, 0.717) is 5.02 Å². The lowest BCUT2D eigenvalue weighted by Crippen LogP contribution is -2.05. The Labute approximate surface area is 131 Å². The van der Waals surface area contributed by atoms with E-state index in [2.05, 4.69) is 24.3 Å². The molecule has 0 atom stereocenters. The fourth-order valence-electron chi connectivity index (χ4n) is 2.14. The molecule has 0 aliphatic rings. The van der Waals surface area contributed by atoms with Crippen LogP contribution >= 0.6 is 11.6 Å². The second-order valence-electron chi connectivity index (χ2n) is 4.51. The molecule has 0 spiro atoms. The Morgan fingerprint density at radius 1 is 0.714 bits per heavy atom. The summed E-state index contributed by atoms with van der Waals surface area (Å²) >= 11 is 6.29. The lowest BCUT2D eigenvalue weighted by Gasteiger charge is -2.09. The zero-order valence-electron chi connectivity index (χ0n) is 11.2. The summed E-state index contributed by atoms with van der Waals surface area (Å²) in [6.07, 6.45) is 0. The predicted octanol–water partition coefficient (Wildman–Crippen LogP) is 5.57. The number of hydrogen-bond donors (Lipinski definition) is 0. The van der Waals surface area contributed by atoms with Crippen molar-refractivity contribution < 1.29 is 4.39 Å². The van der Waals surface area contributed by atoms with Gasteiger partial charge in [-0.15, -0.1) is 0 Å². The van der Waals surface area contributed by atoms with Crippen LogP contribution < -0.4 is 0 Å². The van der Waals surface area contributed by atoms with E-state index >= 15 is 0 Å². The van der Waals surface area contributed by atoms with Gasteiger partial charge >= 0.3 is 0 Å². The van der Waals surface area contributed by atoms with Gasteiger partial charge in [0.15, 0.2) is 14.7 Å². The van der Waals surface area contributed by atoms with Crippen LogP contribution in [0, 0.1) is 5.82 Å². The Hall–Kier alpha value is -1.77. The third-order valence-corrected chi connectivity index (χ3v) is 5.78. The minimum atomic E-state index is -0.333. The number of halogens is 2. The van der Waals surface area contributed by atoms with Crippen molar-refractivity contribution in [3.63, 3.8) is 0 Å². The second-order valence-corrected chi connectivity index (χ2v) is 6.91. The zero-order chi connectivity index (χ0) is 14.7. The maximum absolute atomic E-state index is 13.3. The standard InChI is InChI=1S/C18H13ClFS/c19-17-13-14(20)11-12-18(17)21(15-7-3-1-4-8-15)16-9-5-2-6-10-16/h1-13H/q+1. The third kappa shape index (κ3) is 3.12. The smallest absolute Gasteiger partial charge is 0.185 e. The summed E-state index contributed by atoms with van der Waals surface area (Å²) < 4.78 is 13.3. The molecule has 0 aromatic heterocycles. The minimum absolute atomic E-state index is 0.312. The van der Waals surface area contributed by atoms with Gasteiger partial charge in [-0.05, 0) is 42.5 Å². The highest BCUT2D eigenvalue weighted by atomic mass is 35.5. The highest BCUT2D eigenvalue weighted by Gasteiger charge is 2.30. The minimum Gasteiger partial charge on any atom is -0.207 e. The molecule has 0 N–H and O–H groups in total. The molecule has 0 amide bonds. The topological polar surface area (TPSA) is 0 Å². The highest BCUT2D eigenvalue weighted by Crippen LogP contribution is 2.35. The van der Waals surface area contributed by atoms with E-state index in [1.807, 2.05) is 36.4 Å². The van der Waals surface area contributed by atoms with Crippen LogP contribution in [0.1, 0.15) is 0 Å². The molecule has 3 aromatic carbocycles. The number of rotatable bonds is 3. The maximum atomic E-state index is 13.3. The van der Waals surface area contributed by atoms with Gasteiger partial charge in [0.1, 0.15) is 16.7 Å². The van der Waals surface area contributed by atoms with Crippen molar-refractivity contribution in [1.29, 1.82) is 0 Å². The van der Waals surface area contributed by atoms with E-state index < -0.39 is 0 Å². The Bertz CT molecular complexity index is 689. The van der Waals surface area contributed by atoms with E-state index in [0.717, 1.165) is 14.7 Å². The molecule has 0 saturated carbocycles. The summed E-state index contributed by atoms with van der Waals surface area (Å²) in [6, 6.07) is 25.0. The lowest BCUT2D eigenvalue weighted by atomic mass is 10.3. The normalized spacial score (nSPS) is 10.8. The van der Waals surface area contributed by atoms with Crippen molar-refractivity contribution >= 4 is 22.5 Å². The summed E-state index contributed by atoms with van der Waals surface area (Å²) in [5.74, 6) is -0.312. The fourth-order valence-corrected chi connectivity index (χ4v) is 4.64. The van der Waals surface area contributed by atoms with Gasteiger partial charge in [-0.25, -0.2) is 4.39 Å². The quantitative estimate of drug-likeness (QED) is 0.554. The Morgan fingerprint density at radius 3 is 1.71 bits per heavy atom. The van der Waals surface area contributed by atoms with E-state index in [1.54, 1.807) is 6.07 Å². The van der Waals surface area contributed by atoms with Crippen LogP contribution in [-0.2, 0) is 10.9 Å². The summed E-state index contributed by atoms with van der Waals surface area (Å²) in [6.45, 7) is 0. The first kappa shape index (κ1) is 14.2. The molecule has 21 heavy (non-hydrogen) atoms. The zero-order valence-corrected chi connectivity index (χ0v) is 12.7. The molecular formula is C18H13ClFS+. The molecule has 3 rings (SSSR count). The first-order valence-electron chi connectivity index (χ1n) is 6.55. The van der Waals surface area contributed by atoms with Gasteiger partial charge in [0.05, 0.1) is 5.02 Å². The number of benzene rings is 3. The van der Waals surface area contributed by atoms with Crippen molar-refractivity contribution in [2.45, 2.75) is 14.7 Å². The van der Waals surface area contributed by atoms with Crippen LogP contribution in [0.4, 0.5) is 4.39 Å². The van der Waals surface area contributed by atoms with Gasteiger partial charge in [0.2, 0.25) is 0 Å². The molecular weight excluding hydrogens is 303 g/mol. The van der Waals surface area contributed by atoms with E-state index in [1.165, 1.54) is 12.1 Å². The van der Waals surface area contributed by atoms with Crippen LogP contribution in [0.3, 0.4) is 0 Å². The first-order valence-corrected chi connectivity index (χ1v) is 8.15. The van der Waals surface area contributed by atoms with Gasteiger partial charge in [-0.3, -0.25) is 0 Å². The average Bonchev–Trinajstić information content (AvgIpc) is 2.52. The highest BCUT2D eigenvalue weighted by molar-refractivity contribution is 7.97. The van der Waals surface area contributed by atoms with Gasteiger partial charge in [-0.1, -0.05) is 48.0 Å². The van der Waals surface area contributed by atoms with Crippen molar-refractivity contribution in [2.24, 2.45) is 0 Å². The van der Waals surface area contributed by atoms with Crippen LogP contribution in [0.25, 0.3) is 0 Å². The van der Waals surface area contributed by atoms with Crippen LogP contribution in [0.5, 0.6) is 0 Å². The molecule has 0 radical (unpaired) electrons. The van der Waals surface area contributed by atoms with Gasteiger partial charge in [0.25, 0.3) is 0 Å². The maximum Gasteiger partial charge on any atom is 0.185 e. The van der Waals surface area contributed by atoms with Gasteiger partial charge in [0, 0.05) is 0 Å². The lowest BCUT2D eigenvalue weighted by molar-refractivity contribution is 0.626. The first-order chi connectivity index (χ1) is 10.3. The average molecular weight is 316 g/mol. The predicted molar refractivity (Wildman–Crippen MR) is 86.5 cm³/mol. The SMILES string of the molecule is Fc1ccc([S+](c2ccccc2)c2ccccc2)c(Cl)c1. The van der Waals surface area contributed by atoms with Crippen molar-refractivity contribution in [3.05, 3.63) is 89.7 Å². The van der Waals surface area contributed by atoms with E-state index in [4.69, 9.17) is 11.6 Å². The van der Waals surface area contributed by atoms with Gasteiger partial charge < -0.3 is 0 Å². The Morgan fingerprint density at radius 2 is 1.24 bits per heavy atom. The van der Waals surface area contributed by atoms with Crippen LogP contribution in [0.15, 0.2) is 93.5 Å².